The molecule has 2 aromatic rings. The Morgan fingerprint density at radius 1 is 0.840 bits per heavy atom. The number of hydrogen-bond donors (Lipinski definition) is 0. The number of unbranched alkanes of at least 4 members (excludes halogenated alkanes) is 4. The van der Waals surface area contributed by atoms with Crippen LogP contribution < -0.4 is 33.9 Å². The Balaban J connectivity index is 0. The van der Waals surface area contributed by atoms with Crippen LogP contribution in [0.15, 0.2) is 31.1 Å². The molecule has 2 aromatic heterocycles. The third kappa shape index (κ3) is 10.6. The zero-order chi connectivity index (χ0) is 17.1. The zero-order valence-corrected chi connectivity index (χ0v) is 18.1. The summed E-state index contributed by atoms with van der Waals surface area (Å²) in [4.78, 5) is 0. The first-order chi connectivity index (χ1) is 11.1. The highest BCUT2D eigenvalue weighted by Crippen LogP contribution is 2.00. The van der Waals surface area contributed by atoms with E-state index in [1.165, 1.54) is 50.9 Å². The van der Waals surface area contributed by atoms with Gasteiger partial charge in [-0.3, -0.25) is 0 Å². The highest BCUT2D eigenvalue weighted by atomic mass is 35.5. The maximum absolute atomic E-state index is 2.30. The predicted molar refractivity (Wildman–Crippen MR) is 95.0 cm³/mol. The van der Waals surface area contributed by atoms with Crippen molar-refractivity contribution in [2.75, 3.05) is 0 Å². The minimum Gasteiger partial charge on any atom is -1.00 e. The Hall–Kier alpha value is -1.00. The first-order valence-corrected chi connectivity index (χ1v) is 9.10. The van der Waals surface area contributed by atoms with Gasteiger partial charge in [-0.2, -0.15) is 0 Å². The van der Waals surface area contributed by atoms with E-state index in [-0.39, 0.29) is 24.8 Å². The van der Waals surface area contributed by atoms with Crippen molar-refractivity contribution in [1.29, 1.82) is 0 Å². The molecule has 146 valence electrons. The molecule has 0 aliphatic heterocycles. The van der Waals surface area contributed by atoms with Crippen molar-refractivity contribution >= 4 is 0 Å². The number of halogens is 2. The number of aryl methyl sites for hydroxylation is 4. The lowest BCUT2D eigenvalue weighted by Crippen LogP contribution is -3.00. The summed E-state index contributed by atoms with van der Waals surface area (Å²) in [5, 5.41) is 0. The fourth-order valence-corrected chi connectivity index (χ4v) is 2.52. The monoisotopic (exact) mass is 390 g/mol. The second-order valence-corrected chi connectivity index (χ2v) is 6.38. The van der Waals surface area contributed by atoms with E-state index in [1.807, 2.05) is 0 Å². The molecule has 2 rings (SSSR count). The second-order valence-electron chi connectivity index (χ2n) is 6.38. The van der Waals surface area contributed by atoms with Crippen molar-refractivity contribution in [3.05, 3.63) is 36.9 Å². The van der Waals surface area contributed by atoms with E-state index in [0.717, 1.165) is 6.54 Å². The molecule has 2 heterocycles. The van der Waals surface area contributed by atoms with Crippen molar-refractivity contribution in [2.45, 2.75) is 72.4 Å². The molecular weight excluding hydrogens is 355 g/mol. The van der Waals surface area contributed by atoms with Crippen LogP contribution in [0, 0.1) is 6.92 Å². The molecule has 6 heteroatoms. The number of hydrogen-bond acceptors (Lipinski definition) is 0. The zero-order valence-electron chi connectivity index (χ0n) is 16.6. The number of aromatic nitrogens is 4. The van der Waals surface area contributed by atoms with E-state index >= 15 is 0 Å². The SMILES string of the molecule is CCCCCCn1cc[n+](C)c1.CCCCn1cc[n+](C)c1C.[Cl-].[Cl-]. The van der Waals surface area contributed by atoms with Crippen molar-refractivity contribution in [3.63, 3.8) is 0 Å². The summed E-state index contributed by atoms with van der Waals surface area (Å²) in [5.41, 5.74) is 0. The quantitative estimate of drug-likeness (QED) is 0.345. The van der Waals surface area contributed by atoms with E-state index in [2.05, 4.69) is 84.2 Å². The van der Waals surface area contributed by atoms with Gasteiger partial charge in [-0.1, -0.05) is 33.1 Å². The van der Waals surface area contributed by atoms with Crippen molar-refractivity contribution in [1.82, 2.24) is 9.13 Å². The molecule has 0 N–H and O–H groups in total. The van der Waals surface area contributed by atoms with Crippen LogP contribution in [0.4, 0.5) is 0 Å². The minimum atomic E-state index is 0. The summed E-state index contributed by atoms with van der Waals surface area (Å²) in [5.74, 6) is 1.33. The molecule has 0 unspecified atom stereocenters. The smallest absolute Gasteiger partial charge is 0.253 e. The number of rotatable bonds is 8. The van der Waals surface area contributed by atoms with Crippen LogP contribution in [0.1, 0.15) is 58.2 Å². The molecule has 0 amide bonds. The van der Waals surface area contributed by atoms with E-state index in [4.69, 9.17) is 0 Å². The van der Waals surface area contributed by atoms with Crippen LogP contribution in [0.2, 0.25) is 0 Å². The van der Waals surface area contributed by atoms with Gasteiger partial charge in [-0.15, -0.1) is 0 Å². The van der Waals surface area contributed by atoms with Gasteiger partial charge < -0.3 is 24.8 Å². The maximum Gasteiger partial charge on any atom is 0.253 e. The summed E-state index contributed by atoms with van der Waals surface area (Å²) in [6.45, 7) is 8.94. The molecule has 0 saturated heterocycles. The third-order valence-corrected chi connectivity index (χ3v) is 4.24. The summed E-state index contributed by atoms with van der Waals surface area (Å²) in [7, 11) is 4.14. The van der Waals surface area contributed by atoms with Gasteiger partial charge in [0.1, 0.15) is 24.8 Å². The molecule has 0 fully saturated rings. The highest BCUT2D eigenvalue weighted by molar-refractivity contribution is 4.78. The van der Waals surface area contributed by atoms with E-state index in [9.17, 15) is 0 Å². The van der Waals surface area contributed by atoms with Crippen molar-refractivity contribution < 1.29 is 33.9 Å². The van der Waals surface area contributed by atoms with Gasteiger partial charge in [0, 0.05) is 6.92 Å². The average molecular weight is 391 g/mol. The van der Waals surface area contributed by atoms with Crippen LogP contribution in [-0.4, -0.2) is 9.13 Å². The highest BCUT2D eigenvalue weighted by Gasteiger charge is 2.06. The second kappa shape index (κ2) is 15.3. The van der Waals surface area contributed by atoms with Crippen molar-refractivity contribution in [3.8, 4) is 0 Å². The predicted octanol–water partition coefficient (Wildman–Crippen LogP) is -2.68. The Labute approximate surface area is 166 Å². The van der Waals surface area contributed by atoms with Crippen LogP contribution in [0.5, 0.6) is 0 Å². The summed E-state index contributed by atoms with van der Waals surface area (Å²) in [6, 6.07) is 0. The maximum atomic E-state index is 2.30. The topological polar surface area (TPSA) is 17.6 Å². The average Bonchev–Trinajstić information content (AvgIpc) is 3.10. The lowest BCUT2D eigenvalue weighted by Gasteiger charge is -1.95. The van der Waals surface area contributed by atoms with Gasteiger partial charge in [-0.25, -0.2) is 18.3 Å². The Bertz CT molecular complexity index is 549. The number of nitrogens with zero attached hydrogens (tertiary/aromatic N) is 4. The molecule has 0 bridgehead atoms. The van der Waals surface area contributed by atoms with E-state index < -0.39 is 0 Å². The molecule has 25 heavy (non-hydrogen) atoms. The normalized spacial score (nSPS) is 9.64. The molecule has 0 atom stereocenters. The van der Waals surface area contributed by atoms with Gasteiger partial charge in [0.2, 0.25) is 6.33 Å². The van der Waals surface area contributed by atoms with Crippen molar-refractivity contribution in [2.24, 2.45) is 14.1 Å². The standard InChI is InChI=1S/C10H19N2.C9H17N2.2ClH/c1-3-4-5-6-7-12-9-8-11(2)10-12;1-4-5-6-11-8-7-10(3)9(11)2;;/h8-10H,3-7H2,1-2H3;7-8H,4-6H2,1-3H3;2*1H/q2*+1;;/p-2. The Morgan fingerprint density at radius 2 is 1.52 bits per heavy atom. The molecular formula is C19H36Cl2N4. The van der Waals surface area contributed by atoms with Gasteiger partial charge >= 0.3 is 0 Å². The molecule has 0 radical (unpaired) electrons. The minimum absolute atomic E-state index is 0. The van der Waals surface area contributed by atoms with Gasteiger partial charge in [0.25, 0.3) is 5.82 Å². The fourth-order valence-electron chi connectivity index (χ4n) is 2.52. The first kappa shape index (κ1) is 26.2. The Kier molecular flexibility index (Phi) is 16.0. The lowest BCUT2D eigenvalue weighted by atomic mass is 10.2. The Morgan fingerprint density at radius 3 is 2.00 bits per heavy atom. The van der Waals surface area contributed by atoms with Gasteiger partial charge in [0.05, 0.1) is 27.2 Å². The van der Waals surface area contributed by atoms with Gasteiger partial charge in [0.15, 0.2) is 0 Å². The first-order valence-electron chi connectivity index (χ1n) is 9.10. The van der Waals surface area contributed by atoms with Crippen LogP contribution in [0.25, 0.3) is 0 Å². The van der Waals surface area contributed by atoms with Crippen LogP contribution in [0.3, 0.4) is 0 Å². The molecule has 0 spiro atoms. The largest absolute Gasteiger partial charge is 1.00 e. The molecule has 0 aromatic carbocycles. The molecule has 0 aliphatic carbocycles. The molecule has 0 saturated carbocycles. The molecule has 4 nitrogen and oxygen atoms in total. The number of imidazole rings is 2. The van der Waals surface area contributed by atoms with Gasteiger partial charge in [-0.05, 0) is 19.3 Å². The fraction of sp³-hybridized carbons (Fsp3) is 0.684. The third-order valence-electron chi connectivity index (χ3n) is 4.24. The van der Waals surface area contributed by atoms with E-state index in [0.29, 0.717) is 0 Å². The summed E-state index contributed by atoms with van der Waals surface area (Å²) >= 11 is 0. The molecule has 0 aliphatic rings. The summed E-state index contributed by atoms with van der Waals surface area (Å²) in [6.07, 6.45) is 18.5. The summed E-state index contributed by atoms with van der Waals surface area (Å²) < 4.78 is 8.77. The van der Waals surface area contributed by atoms with Crippen LogP contribution in [-0.2, 0) is 27.2 Å². The lowest BCUT2D eigenvalue weighted by molar-refractivity contribution is -0.677. The van der Waals surface area contributed by atoms with E-state index in [1.54, 1.807) is 0 Å². The van der Waals surface area contributed by atoms with Crippen LogP contribution >= 0.6 is 0 Å².